The number of carbonyl (C=O) groups excluding carboxylic acids is 1. The smallest absolute Gasteiger partial charge is 0.323 e. The Hall–Kier alpha value is -1.82. The van der Waals surface area contributed by atoms with Crippen LogP contribution in [0.2, 0.25) is 5.02 Å². The molecule has 23 heavy (non-hydrogen) atoms. The molecule has 0 aromatic carbocycles. The monoisotopic (exact) mass is 342 g/mol. The third kappa shape index (κ3) is 5.71. The molecule has 1 aromatic rings. The molecule has 0 fully saturated rings. The minimum atomic E-state index is -1.06. The summed E-state index contributed by atoms with van der Waals surface area (Å²) in [5, 5.41) is 9.22. The van der Waals surface area contributed by atoms with E-state index < -0.39 is 11.9 Å². The molecule has 1 N–H and O–H groups in total. The second-order valence-corrected chi connectivity index (χ2v) is 6.21. The number of ether oxygens (including phenoxy) is 1. The van der Waals surface area contributed by atoms with Gasteiger partial charge < -0.3 is 14.7 Å². The SMILES string of the molecule is CCC(C)N(CC(=O)O)C(=O)c1cnc(OCC(C)C)c(Cl)c1. The van der Waals surface area contributed by atoms with Gasteiger partial charge in [-0.15, -0.1) is 0 Å². The Morgan fingerprint density at radius 1 is 1.39 bits per heavy atom. The third-order valence-electron chi connectivity index (χ3n) is 3.30. The van der Waals surface area contributed by atoms with Crippen molar-refractivity contribution in [2.75, 3.05) is 13.2 Å². The summed E-state index contributed by atoms with van der Waals surface area (Å²) in [4.78, 5) is 28.9. The van der Waals surface area contributed by atoms with Gasteiger partial charge in [-0.2, -0.15) is 0 Å². The summed E-state index contributed by atoms with van der Waals surface area (Å²) >= 11 is 6.11. The van der Waals surface area contributed by atoms with Crippen LogP contribution in [-0.2, 0) is 4.79 Å². The van der Waals surface area contributed by atoms with E-state index >= 15 is 0 Å². The molecule has 1 atom stereocenters. The topological polar surface area (TPSA) is 79.7 Å². The minimum absolute atomic E-state index is 0.200. The van der Waals surface area contributed by atoms with Crippen molar-refractivity contribution in [3.8, 4) is 5.88 Å². The standard InChI is InChI=1S/C16H23ClN2O4/c1-5-11(4)19(8-14(20)21)16(22)12-6-13(17)15(18-7-12)23-9-10(2)3/h6-7,10-11H,5,8-9H2,1-4H3,(H,20,21). The van der Waals surface area contributed by atoms with Gasteiger partial charge in [0.15, 0.2) is 0 Å². The van der Waals surface area contributed by atoms with Crippen LogP contribution < -0.4 is 4.74 Å². The maximum Gasteiger partial charge on any atom is 0.323 e. The molecule has 0 radical (unpaired) electrons. The number of hydrogen-bond acceptors (Lipinski definition) is 4. The number of aromatic nitrogens is 1. The largest absolute Gasteiger partial charge is 0.480 e. The fraction of sp³-hybridized carbons (Fsp3) is 0.562. The fourth-order valence-electron chi connectivity index (χ4n) is 1.85. The molecule has 0 saturated carbocycles. The summed E-state index contributed by atoms with van der Waals surface area (Å²) in [6.07, 6.45) is 2.01. The summed E-state index contributed by atoms with van der Waals surface area (Å²) in [5.74, 6) is -0.878. The summed E-state index contributed by atoms with van der Waals surface area (Å²) in [6.45, 7) is 7.80. The first-order valence-corrected chi connectivity index (χ1v) is 7.95. The maximum absolute atomic E-state index is 12.5. The summed E-state index contributed by atoms with van der Waals surface area (Å²) in [5.41, 5.74) is 0.244. The molecule has 0 bridgehead atoms. The molecule has 1 amide bonds. The molecule has 0 aliphatic carbocycles. The lowest BCUT2D eigenvalue weighted by Gasteiger charge is -2.27. The zero-order valence-corrected chi connectivity index (χ0v) is 14.6. The number of aliphatic carboxylic acids is 1. The summed E-state index contributed by atoms with van der Waals surface area (Å²) < 4.78 is 5.46. The normalized spacial score (nSPS) is 12.1. The van der Waals surface area contributed by atoms with Crippen molar-refractivity contribution < 1.29 is 19.4 Å². The van der Waals surface area contributed by atoms with E-state index in [0.29, 0.717) is 18.9 Å². The molecule has 0 aliphatic rings. The Balaban J connectivity index is 2.97. The van der Waals surface area contributed by atoms with Crippen LogP contribution in [0.4, 0.5) is 0 Å². The highest BCUT2D eigenvalue weighted by molar-refractivity contribution is 6.32. The summed E-state index contributed by atoms with van der Waals surface area (Å²) in [7, 11) is 0. The van der Waals surface area contributed by atoms with E-state index in [-0.39, 0.29) is 29.1 Å². The molecule has 1 heterocycles. The number of hydrogen-bond donors (Lipinski definition) is 1. The van der Waals surface area contributed by atoms with Crippen LogP contribution in [0.25, 0.3) is 0 Å². The highest BCUT2D eigenvalue weighted by Crippen LogP contribution is 2.24. The lowest BCUT2D eigenvalue weighted by atomic mass is 10.1. The van der Waals surface area contributed by atoms with E-state index in [4.69, 9.17) is 21.4 Å². The molecule has 128 valence electrons. The van der Waals surface area contributed by atoms with Crippen molar-refractivity contribution in [3.63, 3.8) is 0 Å². The molecule has 1 unspecified atom stereocenters. The lowest BCUT2D eigenvalue weighted by Crippen LogP contribution is -2.41. The van der Waals surface area contributed by atoms with Gasteiger partial charge in [0.05, 0.1) is 12.2 Å². The van der Waals surface area contributed by atoms with Crippen LogP contribution in [0.15, 0.2) is 12.3 Å². The van der Waals surface area contributed by atoms with Gasteiger partial charge in [0.1, 0.15) is 11.6 Å². The van der Waals surface area contributed by atoms with Crippen molar-refractivity contribution in [2.24, 2.45) is 5.92 Å². The lowest BCUT2D eigenvalue weighted by molar-refractivity contribution is -0.138. The van der Waals surface area contributed by atoms with E-state index in [9.17, 15) is 9.59 Å². The fourth-order valence-corrected chi connectivity index (χ4v) is 2.07. The van der Waals surface area contributed by atoms with Crippen molar-refractivity contribution in [3.05, 3.63) is 22.8 Å². The summed E-state index contributed by atoms with van der Waals surface area (Å²) in [6, 6.07) is 1.26. The van der Waals surface area contributed by atoms with Crippen molar-refractivity contribution in [2.45, 2.75) is 40.2 Å². The molecule has 1 rings (SSSR count). The van der Waals surface area contributed by atoms with Crippen LogP contribution in [-0.4, -0.2) is 46.1 Å². The average Bonchev–Trinajstić information content (AvgIpc) is 2.49. The van der Waals surface area contributed by atoms with E-state index in [1.54, 1.807) is 6.92 Å². The molecule has 0 aliphatic heterocycles. The first-order valence-electron chi connectivity index (χ1n) is 7.57. The zero-order valence-electron chi connectivity index (χ0n) is 13.9. The van der Waals surface area contributed by atoms with Gasteiger partial charge in [-0.05, 0) is 25.3 Å². The van der Waals surface area contributed by atoms with Crippen molar-refractivity contribution in [1.82, 2.24) is 9.88 Å². The predicted molar refractivity (Wildman–Crippen MR) is 88.0 cm³/mol. The second kappa shape index (κ2) is 8.72. The van der Waals surface area contributed by atoms with Gasteiger partial charge in [0.25, 0.3) is 5.91 Å². The molecule has 0 saturated heterocycles. The van der Waals surface area contributed by atoms with Crippen LogP contribution in [0.3, 0.4) is 0 Å². The Bertz CT molecular complexity index is 563. The van der Waals surface area contributed by atoms with E-state index in [1.807, 2.05) is 20.8 Å². The second-order valence-electron chi connectivity index (χ2n) is 5.80. The number of nitrogens with zero attached hydrogens (tertiary/aromatic N) is 2. The van der Waals surface area contributed by atoms with Crippen molar-refractivity contribution in [1.29, 1.82) is 0 Å². The number of carboxylic acid groups (broad SMARTS) is 1. The van der Waals surface area contributed by atoms with Gasteiger partial charge in [-0.3, -0.25) is 9.59 Å². The molecule has 0 spiro atoms. The van der Waals surface area contributed by atoms with Crippen molar-refractivity contribution >= 4 is 23.5 Å². The molecular formula is C16H23ClN2O4. The predicted octanol–water partition coefficient (Wildman–Crippen LogP) is 3.10. The van der Waals surface area contributed by atoms with Gasteiger partial charge in [0, 0.05) is 12.2 Å². The quantitative estimate of drug-likeness (QED) is 0.785. The van der Waals surface area contributed by atoms with Gasteiger partial charge in [-0.25, -0.2) is 4.98 Å². The first-order chi connectivity index (χ1) is 10.8. The van der Waals surface area contributed by atoms with Gasteiger partial charge in [0.2, 0.25) is 5.88 Å². The molecular weight excluding hydrogens is 320 g/mol. The number of carboxylic acids is 1. The highest BCUT2D eigenvalue weighted by atomic mass is 35.5. The Labute approximate surface area is 141 Å². The average molecular weight is 343 g/mol. The Morgan fingerprint density at radius 3 is 2.52 bits per heavy atom. The van der Waals surface area contributed by atoms with E-state index in [0.717, 1.165) is 0 Å². The maximum atomic E-state index is 12.5. The first kappa shape index (κ1) is 19.2. The van der Waals surface area contributed by atoms with E-state index in [2.05, 4.69) is 4.98 Å². The third-order valence-corrected chi connectivity index (χ3v) is 3.57. The number of amides is 1. The van der Waals surface area contributed by atoms with E-state index in [1.165, 1.54) is 17.2 Å². The number of halogens is 1. The van der Waals surface area contributed by atoms with Crippen LogP contribution in [0.5, 0.6) is 5.88 Å². The number of rotatable bonds is 8. The Kier molecular flexibility index (Phi) is 7.29. The zero-order chi connectivity index (χ0) is 17.6. The molecule has 6 nitrogen and oxygen atoms in total. The number of pyridine rings is 1. The van der Waals surface area contributed by atoms with Crippen LogP contribution >= 0.6 is 11.6 Å². The molecule has 1 aromatic heterocycles. The van der Waals surface area contributed by atoms with Gasteiger partial charge >= 0.3 is 5.97 Å². The van der Waals surface area contributed by atoms with Crippen LogP contribution in [0.1, 0.15) is 44.5 Å². The Morgan fingerprint density at radius 2 is 2.04 bits per heavy atom. The van der Waals surface area contributed by atoms with Crippen LogP contribution in [0, 0.1) is 5.92 Å². The van der Waals surface area contributed by atoms with Gasteiger partial charge in [-0.1, -0.05) is 32.4 Å². The molecule has 7 heteroatoms. The number of carbonyl (C=O) groups is 2. The highest BCUT2D eigenvalue weighted by Gasteiger charge is 2.24. The minimum Gasteiger partial charge on any atom is -0.480 e.